The van der Waals surface area contributed by atoms with Gasteiger partial charge in [0.15, 0.2) is 6.10 Å². The van der Waals surface area contributed by atoms with Gasteiger partial charge in [0.2, 0.25) is 0 Å². The molecule has 0 radical (unpaired) electrons. The molecule has 1 unspecified atom stereocenters. The van der Waals surface area contributed by atoms with Crippen molar-refractivity contribution >= 4 is 29.2 Å². The van der Waals surface area contributed by atoms with Crippen LogP contribution in [0, 0.1) is 12.7 Å². The van der Waals surface area contributed by atoms with E-state index in [9.17, 15) is 19.1 Å². The van der Waals surface area contributed by atoms with E-state index < -0.39 is 23.8 Å². The van der Waals surface area contributed by atoms with E-state index in [2.05, 4.69) is 5.32 Å². The van der Waals surface area contributed by atoms with E-state index in [-0.39, 0.29) is 22.0 Å². The van der Waals surface area contributed by atoms with Crippen LogP contribution in [0.25, 0.3) is 0 Å². The smallest absolute Gasteiger partial charge is 0.342 e. The van der Waals surface area contributed by atoms with Crippen molar-refractivity contribution in [2.75, 3.05) is 5.32 Å². The first-order chi connectivity index (χ1) is 11.3. The molecule has 24 heavy (non-hydrogen) atoms. The summed E-state index contributed by atoms with van der Waals surface area (Å²) >= 11 is 5.76. The monoisotopic (exact) mass is 351 g/mol. The topological polar surface area (TPSA) is 75.6 Å². The normalized spacial score (nSPS) is 11.7. The van der Waals surface area contributed by atoms with Gasteiger partial charge in [0.25, 0.3) is 5.91 Å². The van der Waals surface area contributed by atoms with Crippen LogP contribution in [0.5, 0.6) is 5.75 Å². The summed E-state index contributed by atoms with van der Waals surface area (Å²) in [5, 5.41) is 12.3. The van der Waals surface area contributed by atoms with Crippen LogP contribution in [-0.2, 0) is 9.53 Å². The van der Waals surface area contributed by atoms with Gasteiger partial charge in [-0.15, -0.1) is 0 Å². The number of hydrogen-bond donors (Lipinski definition) is 2. The van der Waals surface area contributed by atoms with Gasteiger partial charge in [-0.3, -0.25) is 4.79 Å². The molecule has 0 saturated carbocycles. The van der Waals surface area contributed by atoms with Gasteiger partial charge >= 0.3 is 5.97 Å². The molecule has 1 amide bonds. The molecule has 1 atom stereocenters. The van der Waals surface area contributed by atoms with E-state index in [0.29, 0.717) is 5.56 Å². The fraction of sp³-hybridized carbons (Fsp3) is 0.176. The van der Waals surface area contributed by atoms with Crippen LogP contribution in [-0.4, -0.2) is 23.1 Å². The third-order valence-corrected chi connectivity index (χ3v) is 3.51. The molecule has 126 valence electrons. The molecule has 2 aromatic carbocycles. The number of carbonyl (C=O) groups excluding carboxylic acids is 2. The Hall–Kier alpha value is -2.60. The van der Waals surface area contributed by atoms with Gasteiger partial charge in [0, 0.05) is 10.7 Å². The molecule has 0 spiro atoms. The first-order valence-electron chi connectivity index (χ1n) is 7.04. The fourth-order valence-corrected chi connectivity index (χ4v) is 2.04. The number of amides is 1. The number of phenols is 1. The van der Waals surface area contributed by atoms with Crippen LogP contribution in [0.4, 0.5) is 10.1 Å². The van der Waals surface area contributed by atoms with E-state index >= 15 is 0 Å². The molecule has 0 fully saturated rings. The second-order valence-electron chi connectivity index (χ2n) is 5.16. The van der Waals surface area contributed by atoms with Crippen molar-refractivity contribution in [1.82, 2.24) is 0 Å². The fourth-order valence-electron chi connectivity index (χ4n) is 1.86. The molecule has 0 aliphatic heterocycles. The Balaban J connectivity index is 2.04. The van der Waals surface area contributed by atoms with Gasteiger partial charge in [0.05, 0.1) is 0 Å². The molecule has 0 aromatic heterocycles. The van der Waals surface area contributed by atoms with Crippen LogP contribution in [0.1, 0.15) is 22.8 Å². The van der Waals surface area contributed by atoms with Crippen molar-refractivity contribution in [1.29, 1.82) is 0 Å². The summed E-state index contributed by atoms with van der Waals surface area (Å²) in [6.45, 7) is 2.96. The van der Waals surface area contributed by atoms with Crippen LogP contribution in [0.15, 0.2) is 36.4 Å². The van der Waals surface area contributed by atoms with Crippen molar-refractivity contribution in [3.05, 3.63) is 58.4 Å². The lowest BCUT2D eigenvalue weighted by Gasteiger charge is -2.14. The zero-order valence-corrected chi connectivity index (χ0v) is 13.7. The third-order valence-electron chi connectivity index (χ3n) is 3.27. The summed E-state index contributed by atoms with van der Waals surface area (Å²) in [6, 6.07) is 8.12. The highest BCUT2D eigenvalue weighted by molar-refractivity contribution is 6.31. The summed E-state index contributed by atoms with van der Waals surface area (Å²) in [7, 11) is 0. The number of esters is 1. The number of anilines is 1. The predicted octanol–water partition coefficient (Wildman–Crippen LogP) is 3.68. The summed E-state index contributed by atoms with van der Waals surface area (Å²) in [5.74, 6) is -2.29. The van der Waals surface area contributed by atoms with Crippen LogP contribution in [0.3, 0.4) is 0 Å². The average molecular weight is 352 g/mol. The summed E-state index contributed by atoms with van der Waals surface area (Å²) in [6.07, 6.45) is -1.15. The number of aromatic hydroxyl groups is 1. The first-order valence-corrected chi connectivity index (χ1v) is 7.42. The number of benzene rings is 2. The van der Waals surface area contributed by atoms with Crippen molar-refractivity contribution in [3.8, 4) is 5.75 Å². The van der Waals surface area contributed by atoms with Gasteiger partial charge in [-0.25, -0.2) is 9.18 Å². The second kappa shape index (κ2) is 7.31. The van der Waals surface area contributed by atoms with E-state index in [0.717, 1.165) is 0 Å². The highest BCUT2D eigenvalue weighted by Gasteiger charge is 2.21. The van der Waals surface area contributed by atoms with Crippen LogP contribution in [0.2, 0.25) is 5.02 Å². The minimum Gasteiger partial charge on any atom is -0.507 e. The Morgan fingerprint density at radius 3 is 2.62 bits per heavy atom. The van der Waals surface area contributed by atoms with Gasteiger partial charge < -0.3 is 15.2 Å². The predicted molar refractivity (Wildman–Crippen MR) is 87.8 cm³/mol. The summed E-state index contributed by atoms with van der Waals surface area (Å²) in [4.78, 5) is 24.0. The molecule has 2 rings (SSSR count). The Bertz CT molecular complexity index is 794. The maximum Gasteiger partial charge on any atom is 0.342 e. The van der Waals surface area contributed by atoms with Crippen LogP contribution >= 0.6 is 11.6 Å². The number of aryl methyl sites for hydroxylation is 1. The Kier molecular flexibility index (Phi) is 5.41. The molecule has 0 aliphatic carbocycles. The lowest BCUT2D eigenvalue weighted by atomic mass is 10.2. The highest BCUT2D eigenvalue weighted by atomic mass is 35.5. The molecular formula is C17H15ClFNO4. The minimum atomic E-state index is -1.15. The molecule has 2 aromatic rings. The Morgan fingerprint density at radius 2 is 1.96 bits per heavy atom. The van der Waals surface area contributed by atoms with Gasteiger partial charge in [-0.05, 0) is 49.7 Å². The number of phenolic OH excluding ortho intramolecular Hbond substituents is 1. The SMILES string of the molecule is Cc1ccc(NC(=O)C(C)OC(=O)c2cc(Cl)ccc2O)cc1F. The lowest BCUT2D eigenvalue weighted by Crippen LogP contribution is -2.30. The minimum absolute atomic E-state index is 0.150. The highest BCUT2D eigenvalue weighted by Crippen LogP contribution is 2.23. The molecule has 2 N–H and O–H groups in total. The average Bonchev–Trinajstić information content (AvgIpc) is 2.53. The standard InChI is InChI=1S/C17H15ClFNO4/c1-9-3-5-12(8-14(9)19)20-16(22)10(2)24-17(23)13-7-11(18)4-6-15(13)21/h3-8,10,21H,1-2H3,(H,20,22). The summed E-state index contributed by atoms with van der Waals surface area (Å²) < 4.78 is 18.5. The van der Waals surface area contributed by atoms with E-state index in [1.807, 2.05) is 0 Å². The molecule has 0 heterocycles. The van der Waals surface area contributed by atoms with Gasteiger partial charge in [-0.1, -0.05) is 17.7 Å². The van der Waals surface area contributed by atoms with E-state index in [4.69, 9.17) is 16.3 Å². The number of rotatable bonds is 4. The first kappa shape index (κ1) is 17.7. The quantitative estimate of drug-likeness (QED) is 0.824. The largest absolute Gasteiger partial charge is 0.507 e. The molecule has 0 saturated heterocycles. The zero-order chi connectivity index (χ0) is 17.9. The molecule has 5 nitrogen and oxygen atoms in total. The molecular weight excluding hydrogens is 337 g/mol. The molecule has 7 heteroatoms. The second-order valence-corrected chi connectivity index (χ2v) is 5.60. The van der Waals surface area contributed by atoms with Crippen molar-refractivity contribution < 1.29 is 23.8 Å². The molecule has 0 bridgehead atoms. The van der Waals surface area contributed by atoms with Crippen molar-refractivity contribution in [3.63, 3.8) is 0 Å². The maximum atomic E-state index is 13.5. The van der Waals surface area contributed by atoms with Crippen LogP contribution < -0.4 is 5.32 Å². The van der Waals surface area contributed by atoms with Crippen molar-refractivity contribution in [2.45, 2.75) is 20.0 Å². The van der Waals surface area contributed by atoms with E-state index in [1.165, 1.54) is 43.3 Å². The van der Waals surface area contributed by atoms with Gasteiger partial charge in [-0.2, -0.15) is 0 Å². The lowest BCUT2D eigenvalue weighted by molar-refractivity contribution is -0.123. The zero-order valence-electron chi connectivity index (χ0n) is 13.0. The van der Waals surface area contributed by atoms with Crippen molar-refractivity contribution in [2.24, 2.45) is 0 Å². The number of nitrogens with one attached hydrogen (secondary N) is 1. The number of hydrogen-bond acceptors (Lipinski definition) is 4. The number of halogens is 2. The molecule has 0 aliphatic rings. The third kappa shape index (κ3) is 4.23. The Labute approximate surface area is 143 Å². The Morgan fingerprint density at radius 1 is 1.25 bits per heavy atom. The van der Waals surface area contributed by atoms with E-state index in [1.54, 1.807) is 6.92 Å². The summed E-state index contributed by atoms with van der Waals surface area (Å²) in [5.41, 5.74) is 0.545. The maximum absolute atomic E-state index is 13.5. The van der Waals surface area contributed by atoms with Gasteiger partial charge in [0.1, 0.15) is 17.1 Å². The number of ether oxygens (including phenoxy) is 1. The number of carbonyl (C=O) groups is 2.